The van der Waals surface area contributed by atoms with E-state index in [-0.39, 0.29) is 23.1 Å². The van der Waals surface area contributed by atoms with Crippen LogP contribution in [0.5, 0.6) is 0 Å². The van der Waals surface area contributed by atoms with E-state index in [0.29, 0.717) is 5.69 Å². The molecule has 0 saturated carbocycles. The van der Waals surface area contributed by atoms with Crippen LogP contribution in [0.15, 0.2) is 24.5 Å². The average Bonchev–Trinajstić information content (AvgIpc) is 2.68. The molecular weight excluding hydrogens is 260 g/mol. The summed E-state index contributed by atoms with van der Waals surface area (Å²) in [7, 11) is 1.43. The van der Waals surface area contributed by atoms with Crippen molar-refractivity contribution in [1.29, 1.82) is 0 Å². The van der Waals surface area contributed by atoms with Crippen LogP contribution >= 0.6 is 11.6 Å². The van der Waals surface area contributed by atoms with Gasteiger partial charge in [0.05, 0.1) is 23.4 Å². The van der Waals surface area contributed by atoms with E-state index < -0.39 is 4.92 Å². The summed E-state index contributed by atoms with van der Waals surface area (Å²) in [4.78, 5) is 14.3. The predicted octanol–water partition coefficient (Wildman–Crippen LogP) is 1.98. The van der Waals surface area contributed by atoms with Gasteiger partial charge in [-0.1, -0.05) is 11.6 Å². The highest BCUT2D eigenvalue weighted by molar-refractivity contribution is 6.32. The van der Waals surface area contributed by atoms with Crippen molar-refractivity contribution in [3.63, 3.8) is 0 Å². The molecule has 0 unspecified atom stereocenters. The van der Waals surface area contributed by atoms with E-state index in [9.17, 15) is 10.1 Å². The van der Waals surface area contributed by atoms with Crippen molar-refractivity contribution in [2.45, 2.75) is 6.61 Å². The largest absolute Gasteiger partial charge is 0.378 e. The predicted molar refractivity (Wildman–Crippen MR) is 63.7 cm³/mol. The summed E-state index contributed by atoms with van der Waals surface area (Å²) in [6.07, 6.45) is 3.10. The molecule has 0 saturated heterocycles. The van der Waals surface area contributed by atoms with Gasteiger partial charge in [0, 0.05) is 13.3 Å². The first-order valence-electron chi connectivity index (χ1n) is 4.96. The molecule has 18 heavy (non-hydrogen) atoms. The Morgan fingerprint density at radius 2 is 2.39 bits per heavy atom. The number of aromatic nitrogens is 3. The molecule has 2 aromatic heterocycles. The van der Waals surface area contributed by atoms with Crippen molar-refractivity contribution in [3.05, 3.63) is 45.5 Å². The van der Waals surface area contributed by atoms with Gasteiger partial charge in [-0.3, -0.25) is 15.1 Å². The molecule has 7 nitrogen and oxygen atoms in total. The number of nitrogens with zero attached hydrogens (tertiary/aromatic N) is 4. The number of ether oxygens (including phenoxy) is 1. The molecule has 0 atom stereocenters. The summed E-state index contributed by atoms with van der Waals surface area (Å²) >= 11 is 5.97. The van der Waals surface area contributed by atoms with Crippen LogP contribution in [0.25, 0.3) is 5.69 Å². The second-order valence-electron chi connectivity index (χ2n) is 3.40. The van der Waals surface area contributed by atoms with Crippen LogP contribution in [0.3, 0.4) is 0 Å². The van der Waals surface area contributed by atoms with Gasteiger partial charge >= 0.3 is 5.69 Å². The Morgan fingerprint density at radius 3 is 2.94 bits per heavy atom. The molecule has 0 amide bonds. The molecular formula is C10H9ClN4O3. The van der Waals surface area contributed by atoms with Crippen molar-refractivity contribution in [3.8, 4) is 5.69 Å². The van der Waals surface area contributed by atoms with E-state index >= 15 is 0 Å². The summed E-state index contributed by atoms with van der Waals surface area (Å²) in [5, 5.41) is 15.0. The van der Waals surface area contributed by atoms with E-state index in [0.717, 1.165) is 0 Å². The lowest BCUT2D eigenvalue weighted by Crippen LogP contribution is -1.98. The first-order valence-corrected chi connectivity index (χ1v) is 5.34. The van der Waals surface area contributed by atoms with Crippen molar-refractivity contribution in [1.82, 2.24) is 14.8 Å². The molecule has 0 aliphatic rings. The topological polar surface area (TPSA) is 83.1 Å². The Hall–Kier alpha value is -1.99. The van der Waals surface area contributed by atoms with Crippen LogP contribution in [-0.4, -0.2) is 26.8 Å². The van der Waals surface area contributed by atoms with Crippen LogP contribution in [0.4, 0.5) is 5.69 Å². The maximum absolute atomic E-state index is 11.0. The van der Waals surface area contributed by atoms with Crippen LogP contribution in [0, 0.1) is 10.1 Å². The molecule has 0 fully saturated rings. The molecule has 0 N–H and O–H groups in total. The minimum absolute atomic E-state index is 0.0172. The maximum Gasteiger partial charge on any atom is 0.331 e. The Bertz CT molecular complexity index is 570. The zero-order chi connectivity index (χ0) is 13.1. The van der Waals surface area contributed by atoms with Gasteiger partial charge in [-0.25, -0.2) is 4.68 Å². The highest BCUT2D eigenvalue weighted by Crippen LogP contribution is 2.30. The number of rotatable bonds is 4. The van der Waals surface area contributed by atoms with E-state index in [4.69, 9.17) is 16.3 Å². The fourth-order valence-corrected chi connectivity index (χ4v) is 1.81. The number of pyridine rings is 1. The van der Waals surface area contributed by atoms with Gasteiger partial charge in [-0.05, 0) is 12.1 Å². The lowest BCUT2D eigenvalue weighted by atomic mass is 10.4. The zero-order valence-electron chi connectivity index (χ0n) is 9.41. The van der Waals surface area contributed by atoms with Crippen LogP contribution < -0.4 is 0 Å². The molecule has 0 aliphatic carbocycles. The maximum atomic E-state index is 11.0. The van der Waals surface area contributed by atoms with Crippen molar-refractivity contribution < 1.29 is 9.66 Å². The third-order valence-corrected chi connectivity index (χ3v) is 2.57. The van der Waals surface area contributed by atoms with Gasteiger partial charge in [-0.15, -0.1) is 0 Å². The molecule has 0 bridgehead atoms. The minimum atomic E-state index is -0.573. The molecule has 0 aromatic carbocycles. The summed E-state index contributed by atoms with van der Waals surface area (Å²) in [6, 6.07) is 3.39. The Labute approximate surface area is 107 Å². The normalized spacial score (nSPS) is 10.6. The summed E-state index contributed by atoms with van der Waals surface area (Å²) in [5.41, 5.74) is 0.478. The van der Waals surface area contributed by atoms with Crippen molar-refractivity contribution in [2.24, 2.45) is 0 Å². The highest BCUT2D eigenvalue weighted by Gasteiger charge is 2.27. The minimum Gasteiger partial charge on any atom is -0.378 e. The van der Waals surface area contributed by atoms with Gasteiger partial charge in [0.25, 0.3) is 0 Å². The number of halogens is 1. The first kappa shape index (κ1) is 12.5. The lowest BCUT2D eigenvalue weighted by molar-refractivity contribution is -0.385. The number of methoxy groups -OCH3 is 1. The van der Waals surface area contributed by atoms with Crippen molar-refractivity contribution >= 4 is 17.3 Å². The fraction of sp³-hybridized carbons (Fsp3) is 0.200. The molecule has 2 heterocycles. The molecule has 2 rings (SSSR count). The van der Waals surface area contributed by atoms with Gasteiger partial charge in [-0.2, -0.15) is 5.10 Å². The SMILES string of the molecule is COCc1nn(-c2cccnc2)c(Cl)c1[N+](=O)[O-]. The van der Waals surface area contributed by atoms with E-state index in [2.05, 4.69) is 10.1 Å². The number of hydrogen-bond acceptors (Lipinski definition) is 5. The molecule has 94 valence electrons. The summed E-state index contributed by atoms with van der Waals surface area (Å²) < 4.78 is 6.13. The second kappa shape index (κ2) is 5.11. The fourth-order valence-electron chi connectivity index (χ4n) is 1.50. The molecule has 0 spiro atoms. The van der Waals surface area contributed by atoms with Crippen LogP contribution in [0.2, 0.25) is 5.15 Å². The first-order chi connectivity index (χ1) is 8.65. The number of hydrogen-bond donors (Lipinski definition) is 0. The average molecular weight is 269 g/mol. The van der Waals surface area contributed by atoms with Gasteiger partial charge in [0.15, 0.2) is 5.69 Å². The third kappa shape index (κ3) is 2.18. The van der Waals surface area contributed by atoms with Gasteiger partial charge in [0.1, 0.15) is 0 Å². The molecule has 2 aromatic rings. The zero-order valence-corrected chi connectivity index (χ0v) is 10.2. The molecule has 0 radical (unpaired) electrons. The Balaban J connectivity index is 2.57. The quantitative estimate of drug-likeness (QED) is 0.625. The second-order valence-corrected chi connectivity index (χ2v) is 3.76. The van der Waals surface area contributed by atoms with Crippen molar-refractivity contribution in [2.75, 3.05) is 7.11 Å². The lowest BCUT2D eigenvalue weighted by Gasteiger charge is -1.99. The summed E-state index contributed by atoms with van der Waals surface area (Å²) in [5.74, 6) is 0. The number of nitro groups is 1. The summed E-state index contributed by atoms with van der Waals surface area (Å²) in [6.45, 7) is 0.0172. The van der Waals surface area contributed by atoms with E-state index in [1.165, 1.54) is 18.0 Å². The van der Waals surface area contributed by atoms with Gasteiger partial charge < -0.3 is 4.74 Å². The Morgan fingerprint density at radius 1 is 1.61 bits per heavy atom. The van der Waals surface area contributed by atoms with Gasteiger partial charge in [0.2, 0.25) is 5.15 Å². The highest BCUT2D eigenvalue weighted by atomic mass is 35.5. The smallest absolute Gasteiger partial charge is 0.331 e. The Kier molecular flexibility index (Phi) is 3.54. The molecule has 8 heteroatoms. The van der Waals surface area contributed by atoms with E-state index in [1.807, 2.05) is 0 Å². The monoisotopic (exact) mass is 268 g/mol. The van der Waals surface area contributed by atoms with Crippen LogP contribution in [0.1, 0.15) is 5.69 Å². The molecule has 0 aliphatic heterocycles. The van der Waals surface area contributed by atoms with E-state index in [1.54, 1.807) is 18.3 Å². The van der Waals surface area contributed by atoms with Crippen LogP contribution in [-0.2, 0) is 11.3 Å². The third-order valence-electron chi connectivity index (χ3n) is 2.23. The standard InChI is InChI=1S/C10H9ClN4O3/c1-18-6-8-9(15(16)17)10(11)14(13-8)7-3-2-4-12-5-7/h2-5H,6H2,1H3.